The third-order valence-electron chi connectivity index (χ3n) is 4.64. The van der Waals surface area contributed by atoms with E-state index in [0.29, 0.717) is 23.8 Å². The smallest absolute Gasteiger partial charge is 0.290 e. The van der Waals surface area contributed by atoms with E-state index in [1.165, 1.54) is 17.6 Å². The molecule has 4 rings (SSSR count). The molecule has 0 saturated heterocycles. The van der Waals surface area contributed by atoms with Crippen LogP contribution in [0.15, 0.2) is 88.9 Å². The van der Waals surface area contributed by atoms with Crippen LogP contribution in [0.3, 0.4) is 0 Å². The number of carbonyl (C=O) groups is 2. The molecule has 1 N–H and O–H groups in total. The van der Waals surface area contributed by atoms with Gasteiger partial charge in [-0.05, 0) is 23.3 Å². The van der Waals surface area contributed by atoms with Gasteiger partial charge in [0.05, 0.1) is 12.8 Å². The lowest BCUT2D eigenvalue weighted by molar-refractivity contribution is 0.0697. The fraction of sp³-hybridized carbons (Fsp3) is 0.125. The topological polar surface area (TPSA) is 75.4 Å². The van der Waals surface area contributed by atoms with E-state index < -0.39 is 0 Å². The summed E-state index contributed by atoms with van der Waals surface area (Å²) in [6.07, 6.45) is 1.48. The number of furan rings is 1. The van der Waals surface area contributed by atoms with E-state index in [1.54, 1.807) is 22.4 Å². The van der Waals surface area contributed by atoms with Crippen molar-refractivity contribution >= 4 is 23.2 Å². The Labute approximate surface area is 184 Å². The van der Waals surface area contributed by atoms with Crippen molar-refractivity contribution in [3.05, 3.63) is 112 Å². The van der Waals surface area contributed by atoms with Gasteiger partial charge in [-0.15, -0.1) is 11.3 Å². The predicted molar refractivity (Wildman–Crippen MR) is 118 cm³/mol. The van der Waals surface area contributed by atoms with Crippen LogP contribution in [0.1, 0.15) is 37.2 Å². The molecule has 2 aromatic heterocycles. The fourth-order valence-electron chi connectivity index (χ4n) is 3.08. The zero-order chi connectivity index (χ0) is 21.5. The van der Waals surface area contributed by atoms with Crippen molar-refractivity contribution in [3.63, 3.8) is 0 Å². The molecule has 0 atom stereocenters. The second kappa shape index (κ2) is 9.86. The standard InChI is InChI=1S/C24H21N3O3S/c28-23(25-14-18-8-3-1-4-9-18)20-17-31-22(26-20)16-27(15-19-10-5-2-6-11-19)24(29)21-12-7-13-30-21/h1-13,17H,14-16H2,(H,25,28). The van der Waals surface area contributed by atoms with Crippen molar-refractivity contribution in [1.82, 2.24) is 15.2 Å². The van der Waals surface area contributed by atoms with Gasteiger partial charge in [-0.2, -0.15) is 0 Å². The van der Waals surface area contributed by atoms with E-state index in [4.69, 9.17) is 4.42 Å². The van der Waals surface area contributed by atoms with E-state index in [9.17, 15) is 9.59 Å². The minimum Gasteiger partial charge on any atom is -0.459 e. The number of rotatable bonds is 8. The predicted octanol–water partition coefficient (Wildman–Crippen LogP) is 4.51. The van der Waals surface area contributed by atoms with Gasteiger partial charge < -0.3 is 14.6 Å². The summed E-state index contributed by atoms with van der Waals surface area (Å²) >= 11 is 1.36. The number of carbonyl (C=O) groups excluding carboxylic acids is 2. The molecule has 31 heavy (non-hydrogen) atoms. The lowest BCUT2D eigenvalue weighted by Crippen LogP contribution is -2.30. The number of thiazole rings is 1. The summed E-state index contributed by atoms with van der Waals surface area (Å²) in [6, 6.07) is 22.8. The Morgan fingerprint density at radius 1 is 0.903 bits per heavy atom. The van der Waals surface area contributed by atoms with Crippen LogP contribution >= 0.6 is 11.3 Å². The van der Waals surface area contributed by atoms with Gasteiger partial charge in [-0.25, -0.2) is 4.98 Å². The van der Waals surface area contributed by atoms with Gasteiger partial charge in [0, 0.05) is 18.5 Å². The van der Waals surface area contributed by atoms with Crippen LogP contribution in [0.4, 0.5) is 0 Å². The van der Waals surface area contributed by atoms with E-state index in [-0.39, 0.29) is 24.1 Å². The Hall–Kier alpha value is -3.71. The highest BCUT2D eigenvalue weighted by Crippen LogP contribution is 2.18. The molecule has 0 bridgehead atoms. The molecular formula is C24H21N3O3S. The van der Waals surface area contributed by atoms with Gasteiger partial charge in [-0.3, -0.25) is 9.59 Å². The van der Waals surface area contributed by atoms with Gasteiger partial charge in [0.1, 0.15) is 10.7 Å². The zero-order valence-corrected chi connectivity index (χ0v) is 17.5. The summed E-state index contributed by atoms with van der Waals surface area (Å²) in [5.74, 6) is -0.189. The molecule has 2 heterocycles. The monoisotopic (exact) mass is 431 g/mol. The molecule has 6 nitrogen and oxygen atoms in total. The van der Waals surface area contributed by atoms with Crippen LogP contribution in [-0.4, -0.2) is 21.7 Å². The highest BCUT2D eigenvalue weighted by Gasteiger charge is 2.21. The van der Waals surface area contributed by atoms with Crippen LogP contribution in [0, 0.1) is 0 Å². The molecule has 4 aromatic rings. The highest BCUT2D eigenvalue weighted by molar-refractivity contribution is 7.09. The number of hydrogen-bond acceptors (Lipinski definition) is 5. The van der Waals surface area contributed by atoms with Gasteiger partial charge in [0.2, 0.25) is 0 Å². The molecule has 0 aliphatic carbocycles. The first-order valence-electron chi connectivity index (χ1n) is 9.82. The summed E-state index contributed by atoms with van der Waals surface area (Å²) < 4.78 is 5.30. The Kier molecular flexibility index (Phi) is 6.54. The van der Waals surface area contributed by atoms with Gasteiger partial charge in [0.25, 0.3) is 11.8 Å². The number of benzene rings is 2. The Morgan fingerprint density at radius 3 is 2.29 bits per heavy atom. The van der Waals surface area contributed by atoms with Crippen molar-refractivity contribution in [1.29, 1.82) is 0 Å². The van der Waals surface area contributed by atoms with Crippen molar-refractivity contribution in [2.45, 2.75) is 19.6 Å². The van der Waals surface area contributed by atoms with Crippen molar-refractivity contribution in [2.24, 2.45) is 0 Å². The molecule has 0 radical (unpaired) electrons. The number of aromatic nitrogens is 1. The molecule has 7 heteroatoms. The molecule has 0 spiro atoms. The number of amides is 2. The first-order valence-corrected chi connectivity index (χ1v) is 10.7. The normalized spacial score (nSPS) is 10.6. The summed E-state index contributed by atoms with van der Waals surface area (Å²) in [6.45, 7) is 1.13. The average Bonchev–Trinajstić information content (AvgIpc) is 3.51. The molecule has 0 fully saturated rings. The van der Waals surface area contributed by atoms with Crippen LogP contribution in [0.25, 0.3) is 0 Å². The molecular weight excluding hydrogens is 410 g/mol. The number of nitrogens with one attached hydrogen (secondary N) is 1. The Morgan fingerprint density at radius 2 is 1.61 bits per heavy atom. The minimum atomic E-state index is -0.238. The Bertz CT molecular complexity index is 1130. The SMILES string of the molecule is O=C(NCc1ccccc1)c1csc(CN(Cc2ccccc2)C(=O)c2ccco2)n1. The van der Waals surface area contributed by atoms with Crippen LogP contribution < -0.4 is 5.32 Å². The molecule has 0 aliphatic rings. The van der Waals surface area contributed by atoms with Crippen LogP contribution in [0.2, 0.25) is 0 Å². The largest absolute Gasteiger partial charge is 0.459 e. The summed E-state index contributed by atoms with van der Waals surface area (Å²) in [4.78, 5) is 31.5. The maximum Gasteiger partial charge on any atom is 0.290 e. The second-order valence-electron chi connectivity index (χ2n) is 6.92. The third kappa shape index (κ3) is 5.46. The lowest BCUT2D eigenvalue weighted by atomic mass is 10.2. The lowest BCUT2D eigenvalue weighted by Gasteiger charge is -2.20. The van der Waals surface area contributed by atoms with E-state index in [1.807, 2.05) is 60.7 Å². The van der Waals surface area contributed by atoms with Crippen molar-refractivity contribution in [2.75, 3.05) is 0 Å². The molecule has 2 amide bonds. The summed E-state index contributed by atoms with van der Waals surface area (Å²) in [7, 11) is 0. The molecule has 0 unspecified atom stereocenters. The Balaban J connectivity index is 1.45. The molecule has 0 aliphatic heterocycles. The average molecular weight is 432 g/mol. The maximum absolute atomic E-state index is 12.9. The fourth-order valence-corrected chi connectivity index (χ4v) is 3.87. The summed E-state index contributed by atoms with van der Waals surface area (Å²) in [5.41, 5.74) is 2.37. The first-order chi connectivity index (χ1) is 15.2. The van der Waals surface area contributed by atoms with Crippen LogP contribution in [0.5, 0.6) is 0 Å². The maximum atomic E-state index is 12.9. The van der Waals surface area contributed by atoms with Gasteiger partial charge in [-0.1, -0.05) is 60.7 Å². The molecule has 2 aromatic carbocycles. The van der Waals surface area contributed by atoms with E-state index in [2.05, 4.69) is 10.3 Å². The third-order valence-corrected chi connectivity index (χ3v) is 5.48. The van der Waals surface area contributed by atoms with Gasteiger partial charge >= 0.3 is 0 Å². The number of nitrogens with zero attached hydrogens (tertiary/aromatic N) is 2. The minimum absolute atomic E-state index is 0.223. The first kappa shape index (κ1) is 20.6. The van der Waals surface area contributed by atoms with Gasteiger partial charge in [0.15, 0.2) is 5.76 Å². The zero-order valence-electron chi connectivity index (χ0n) is 16.7. The quantitative estimate of drug-likeness (QED) is 0.445. The van der Waals surface area contributed by atoms with Crippen molar-refractivity contribution < 1.29 is 14.0 Å². The molecule has 0 saturated carbocycles. The summed E-state index contributed by atoms with van der Waals surface area (Å²) in [5, 5.41) is 5.27. The van der Waals surface area contributed by atoms with E-state index >= 15 is 0 Å². The highest BCUT2D eigenvalue weighted by atomic mass is 32.1. The second-order valence-corrected chi connectivity index (χ2v) is 7.86. The van der Waals surface area contributed by atoms with E-state index in [0.717, 1.165) is 11.1 Å². The molecule has 156 valence electrons. The van der Waals surface area contributed by atoms with Crippen LogP contribution in [-0.2, 0) is 19.6 Å². The van der Waals surface area contributed by atoms with Crippen molar-refractivity contribution in [3.8, 4) is 0 Å². The number of hydrogen-bond donors (Lipinski definition) is 1.